The normalized spacial score (nSPS) is 16.4. The van der Waals surface area contributed by atoms with Crippen LogP contribution < -0.4 is 10.5 Å². The van der Waals surface area contributed by atoms with Crippen molar-refractivity contribution in [2.45, 2.75) is 26.2 Å². The van der Waals surface area contributed by atoms with Gasteiger partial charge < -0.3 is 15.4 Å². The summed E-state index contributed by atoms with van der Waals surface area (Å²) < 4.78 is 5.38. The van der Waals surface area contributed by atoms with E-state index in [4.69, 9.17) is 10.5 Å². The molecule has 4 heteroatoms. The molecule has 2 rings (SSSR count). The van der Waals surface area contributed by atoms with E-state index >= 15 is 0 Å². The monoisotopic (exact) mass is 262 g/mol. The fraction of sp³-hybridized carbons (Fsp3) is 0.533. The van der Waals surface area contributed by atoms with E-state index in [0.29, 0.717) is 18.2 Å². The molecular formula is C15H22N2O2. The van der Waals surface area contributed by atoms with Crippen LogP contribution in [0.15, 0.2) is 24.3 Å². The fourth-order valence-corrected chi connectivity index (χ4v) is 2.25. The summed E-state index contributed by atoms with van der Waals surface area (Å²) in [6.45, 7) is 4.44. The largest absolute Gasteiger partial charge is 0.415 e. The van der Waals surface area contributed by atoms with Gasteiger partial charge in [-0.05, 0) is 49.4 Å². The van der Waals surface area contributed by atoms with Crippen molar-refractivity contribution in [1.29, 1.82) is 0 Å². The number of hydrogen-bond acceptors (Lipinski definition) is 3. The number of ether oxygens (including phenoxy) is 1. The Kier molecular flexibility index (Phi) is 4.80. The molecule has 1 aromatic carbocycles. The van der Waals surface area contributed by atoms with Gasteiger partial charge in [-0.2, -0.15) is 0 Å². The molecule has 0 unspecified atom stereocenters. The molecule has 1 aromatic rings. The quantitative estimate of drug-likeness (QED) is 0.910. The Labute approximate surface area is 114 Å². The van der Waals surface area contributed by atoms with Crippen LogP contribution in [-0.2, 0) is 6.42 Å². The lowest BCUT2D eigenvalue weighted by atomic mass is 10.00. The third kappa shape index (κ3) is 3.96. The molecule has 4 nitrogen and oxygen atoms in total. The lowest BCUT2D eigenvalue weighted by Crippen LogP contribution is -2.39. The number of hydrogen-bond donors (Lipinski definition) is 1. The van der Waals surface area contributed by atoms with Crippen molar-refractivity contribution in [1.82, 2.24) is 4.90 Å². The zero-order valence-corrected chi connectivity index (χ0v) is 11.5. The second kappa shape index (κ2) is 6.57. The van der Waals surface area contributed by atoms with E-state index in [1.165, 1.54) is 0 Å². The van der Waals surface area contributed by atoms with Crippen molar-refractivity contribution in [2.75, 3.05) is 19.6 Å². The summed E-state index contributed by atoms with van der Waals surface area (Å²) in [4.78, 5) is 13.8. The van der Waals surface area contributed by atoms with Crippen LogP contribution >= 0.6 is 0 Å². The van der Waals surface area contributed by atoms with Crippen LogP contribution in [-0.4, -0.2) is 30.6 Å². The van der Waals surface area contributed by atoms with Gasteiger partial charge in [0.25, 0.3) is 0 Å². The number of carbonyl (C=O) groups excluding carboxylic acids is 1. The molecule has 0 bridgehead atoms. The molecule has 1 fully saturated rings. The zero-order chi connectivity index (χ0) is 13.7. The van der Waals surface area contributed by atoms with Gasteiger partial charge in [-0.15, -0.1) is 0 Å². The SMILES string of the molecule is CC1CCN(C(=O)Oc2ccc(CCN)cc2)CC1. The standard InChI is InChI=1S/C15H22N2O2/c1-12-7-10-17(11-8-12)15(18)19-14-4-2-13(3-5-14)6-9-16/h2-5,12H,6-11,16H2,1H3. The average Bonchev–Trinajstić information content (AvgIpc) is 2.42. The average molecular weight is 262 g/mol. The van der Waals surface area contributed by atoms with Crippen LogP contribution in [0.4, 0.5) is 4.79 Å². The first kappa shape index (κ1) is 13.9. The molecular weight excluding hydrogens is 240 g/mol. The van der Waals surface area contributed by atoms with Crippen molar-refractivity contribution in [3.05, 3.63) is 29.8 Å². The highest BCUT2D eigenvalue weighted by Gasteiger charge is 2.21. The highest BCUT2D eigenvalue weighted by Crippen LogP contribution is 2.18. The lowest BCUT2D eigenvalue weighted by Gasteiger charge is -2.29. The number of nitrogens with two attached hydrogens (primary N) is 1. The van der Waals surface area contributed by atoms with E-state index in [-0.39, 0.29) is 6.09 Å². The van der Waals surface area contributed by atoms with Gasteiger partial charge in [0.1, 0.15) is 5.75 Å². The van der Waals surface area contributed by atoms with Crippen LogP contribution in [0, 0.1) is 5.92 Å². The third-order valence-electron chi connectivity index (χ3n) is 3.60. The third-order valence-corrected chi connectivity index (χ3v) is 3.60. The summed E-state index contributed by atoms with van der Waals surface area (Å²) in [6.07, 6.45) is 2.73. The molecule has 104 valence electrons. The van der Waals surface area contributed by atoms with Gasteiger partial charge in [0.15, 0.2) is 0 Å². The molecule has 0 aromatic heterocycles. The Bertz CT molecular complexity index is 409. The molecule has 19 heavy (non-hydrogen) atoms. The maximum atomic E-state index is 12.0. The first-order valence-electron chi connectivity index (χ1n) is 6.95. The van der Waals surface area contributed by atoms with Crippen molar-refractivity contribution >= 4 is 6.09 Å². The Hall–Kier alpha value is -1.55. The van der Waals surface area contributed by atoms with Crippen LogP contribution in [0.1, 0.15) is 25.3 Å². The summed E-state index contributed by atoms with van der Waals surface area (Å²) in [6, 6.07) is 7.56. The Morgan fingerprint density at radius 1 is 1.32 bits per heavy atom. The van der Waals surface area contributed by atoms with Crippen LogP contribution in [0.3, 0.4) is 0 Å². The Morgan fingerprint density at radius 3 is 2.53 bits per heavy atom. The van der Waals surface area contributed by atoms with Gasteiger partial charge >= 0.3 is 6.09 Å². The summed E-state index contributed by atoms with van der Waals surface area (Å²) in [5.41, 5.74) is 6.66. The fourth-order valence-electron chi connectivity index (χ4n) is 2.25. The van der Waals surface area contributed by atoms with E-state index in [1.807, 2.05) is 24.3 Å². The van der Waals surface area contributed by atoms with Crippen molar-refractivity contribution in [3.8, 4) is 5.75 Å². The number of likely N-dealkylation sites (tertiary alicyclic amines) is 1. The number of carbonyl (C=O) groups is 1. The smallest absolute Gasteiger partial charge is 0.410 e. The topological polar surface area (TPSA) is 55.6 Å². The van der Waals surface area contributed by atoms with Crippen molar-refractivity contribution in [3.63, 3.8) is 0 Å². The van der Waals surface area contributed by atoms with Crippen LogP contribution in [0.5, 0.6) is 5.75 Å². The van der Waals surface area contributed by atoms with Gasteiger partial charge in [0.2, 0.25) is 0 Å². The molecule has 2 N–H and O–H groups in total. The summed E-state index contributed by atoms with van der Waals surface area (Å²) in [5.74, 6) is 1.31. The van der Waals surface area contributed by atoms with Crippen LogP contribution in [0.25, 0.3) is 0 Å². The van der Waals surface area contributed by atoms with E-state index in [0.717, 1.165) is 37.9 Å². The predicted molar refractivity (Wildman–Crippen MR) is 75.2 cm³/mol. The molecule has 1 aliphatic heterocycles. The van der Waals surface area contributed by atoms with E-state index in [1.54, 1.807) is 4.90 Å². The van der Waals surface area contributed by atoms with E-state index < -0.39 is 0 Å². The molecule has 0 saturated carbocycles. The van der Waals surface area contributed by atoms with Gasteiger partial charge in [-0.3, -0.25) is 0 Å². The van der Waals surface area contributed by atoms with Gasteiger partial charge in [-0.25, -0.2) is 4.79 Å². The second-order valence-corrected chi connectivity index (χ2v) is 5.22. The first-order valence-corrected chi connectivity index (χ1v) is 6.95. The van der Waals surface area contributed by atoms with Gasteiger partial charge in [0, 0.05) is 13.1 Å². The number of rotatable bonds is 3. The number of amides is 1. The molecule has 0 radical (unpaired) electrons. The minimum absolute atomic E-state index is 0.238. The molecule has 0 aliphatic carbocycles. The second-order valence-electron chi connectivity index (χ2n) is 5.22. The first-order chi connectivity index (χ1) is 9.19. The highest BCUT2D eigenvalue weighted by molar-refractivity contribution is 5.70. The lowest BCUT2D eigenvalue weighted by molar-refractivity contribution is 0.133. The summed E-state index contributed by atoms with van der Waals surface area (Å²) in [7, 11) is 0. The van der Waals surface area contributed by atoms with Gasteiger partial charge in [0.05, 0.1) is 0 Å². The summed E-state index contributed by atoms with van der Waals surface area (Å²) >= 11 is 0. The van der Waals surface area contributed by atoms with Crippen molar-refractivity contribution in [2.24, 2.45) is 11.7 Å². The Morgan fingerprint density at radius 2 is 1.95 bits per heavy atom. The summed E-state index contributed by atoms with van der Waals surface area (Å²) in [5, 5.41) is 0. The molecule has 1 aliphatic rings. The molecule has 0 spiro atoms. The number of benzene rings is 1. The van der Waals surface area contributed by atoms with E-state index in [9.17, 15) is 4.79 Å². The zero-order valence-electron chi connectivity index (χ0n) is 11.5. The Balaban J connectivity index is 1.88. The highest BCUT2D eigenvalue weighted by atomic mass is 16.6. The van der Waals surface area contributed by atoms with Gasteiger partial charge in [-0.1, -0.05) is 19.1 Å². The molecule has 0 atom stereocenters. The molecule has 1 saturated heterocycles. The van der Waals surface area contributed by atoms with Crippen LogP contribution in [0.2, 0.25) is 0 Å². The number of piperidine rings is 1. The number of nitrogens with zero attached hydrogens (tertiary/aromatic N) is 1. The van der Waals surface area contributed by atoms with E-state index in [2.05, 4.69) is 6.92 Å². The maximum Gasteiger partial charge on any atom is 0.415 e. The minimum atomic E-state index is -0.238. The minimum Gasteiger partial charge on any atom is -0.410 e. The van der Waals surface area contributed by atoms with Crippen molar-refractivity contribution < 1.29 is 9.53 Å². The molecule has 1 amide bonds. The molecule has 1 heterocycles. The predicted octanol–water partition coefficient (Wildman–Crippen LogP) is 2.42. The maximum absolute atomic E-state index is 12.0.